The van der Waals surface area contributed by atoms with E-state index in [0.29, 0.717) is 6.04 Å². The summed E-state index contributed by atoms with van der Waals surface area (Å²) in [6.07, 6.45) is 8.16. The number of hydrogen-bond donors (Lipinski definition) is 1. The lowest BCUT2D eigenvalue weighted by Gasteiger charge is -2.33. The number of hydrogen-bond acceptors (Lipinski definition) is 2. The summed E-state index contributed by atoms with van der Waals surface area (Å²) < 4.78 is 0. The Morgan fingerprint density at radius 2 is 1.93 bits per heavy atom. The molecule has 2 fully saturated rings. The Hall–Kier alpha value is -0.0800. The van der Waals surface area contributed by atoms with Crippen LogP contribution in [0.2, 0.25) is 0 Å². The fourth-order valence-corrected chi connectivity index (χ4v) is 3.03. The van der Waals surface area contributed by atoms with E-state index in [4.69, 9.17) is 5.73 Å². The molecular weight excluding hydrogens is 172 g/mol. The Bertz CT molecular complexity index is 181. The van der Waals surface area contributed by atoms with Gasteiger partial charge in [-0.05, 0) is 45.1 Å². The highest BCUT2D eigenvalue weighted by Gasteiger charge is 2.27. The molecule has 0 aromatic carbocycles. The van der Waals surface area contributed by atoms with Crippen molar-refractivity contribution in [1.82, 2.24) is 4.90 Å². The zero-order chi connectivity index (χ0) is 9.97. The van der Waals surface area contributed by atoms with Crippen molar-refractivity contribution in [2.75, 3.05) is 13.1 Å². The maximum Gasteiger partial charge on any atom is 0.00793 e. The number of nitrogens with two attached hydrogens (primary N) is 1. The number of likely N-dealkylation sites (tertiary alicyclic amines) is 1. The van der Waals surface area contributed by atoms with Crippen molar-refractivity contribution < 1.29 is 0 Å². The summed E-state index contributed by atoms with van der Waals surface area (Å²) in [7, 11) is 0. The molecule has 2 rings (SSSR count). The maximum absolute atomic E-state index is 6.18. The fourth-order valence-electron chi connectivity index (χ4n) is 3.03. The molecule has 1 aliphatic carbocycles. The average Bonchev–Trinajstić information content (AvgIpc) is 2.56. The molecule has 14 heavy (non-hydrogen) atoms. The number of rotatable bonds is 2. The van der Waals surface area contributed by atoms with E-state index >= 15 is 0 Å². The summed E-state index contributed by atoms with van der Waals surface area (Å²) in [5.74, 6) is 0.782. The van der Waals surface area contributed by atoms with Crippen LogP contribution in [0.25, 0.3) is 0 Å². The molecule has 0 aromatic heterocycles. The van der Waals surface area contributed by atoms with Gasteiger partial charge in [-0.3, -0.25) is 0 Å². The van der Waals surface area contributed by atoms with Crippen LogP contribution < -0.4 is 5.73 Å². The Morgan fingerprint density at radius 1 is 1.14 bits per heavy atom. The lowest BCUT2D eigenvalue weighted by atomic mass is 9.84. The summed E-state index contributed by atoms with van der Waals surface area (Å²) in [5.41, 5.74) is 6.18. The second kappa shape index (κ2) is 4.63. The van der Waals surface area contributed by atoms with Gasteiger partial charge in [-0.1, -0.05) is 12.8 Å². The van der Waals surface area contributed by atoms with Crippen LogP contribution >= 0.6 is 0 Å². The van der Waals surface area contributed by atoms with E-state index in [0.717, 1.165) is 12.0 Å². The van der Waals surface area contributed by atoms with Gasteiger partial charge in [0.15, 0.2) is 0 Å². The largest absolute Gasteiger partial charge is 0.327 e. The van der Waals surface area contributed by atoms with Gasteiger partial charge >= 0.3 is 0 Å². The average molecular weight is 196 g/mol. The van der Waals surface area contributed by atoms with Gasteiger partial charge in [0.2, 0.25) is 0 Å². The van der Waals surface area contributed by atoms with Gasteiger partial charge in [0, 0.05) is 18.6 Å². The first-order chi connectivity index (χ1) is 6.77. The minimum Gasteiger partial charge on any atom is -0.327 e. The predicted molar refractivity (Wildman–Crippen MR) is 60.2 cm³/mol. The van der Waals surface area contributed by atoms with Crippen LogP contribution in [0.3, 0.4) is 0 Å². The quantitative estimate of drug-likeness (QED) is 0.732. The SMILES string of the molecule is CC1CCCN1CC1CCCCC1N. The predicted octanol–water partition coefficient (Wildman–Crippen LogP) is 1.99. The molecular formula is C12H24N2. The summed E-state index contributed by atoms with van der Waals surface area (Å²) in [5, 5.41) is 0. The molecule has 0 amide bonds. The molecule has 82 valence electrons. The molecule has 2 heteroatoms. The minimum atomic E-state index is 0.483. The molecule has 3 atom stereocenters. The van der Waals surface area contributed by atoms with Gasteiger partial charge < -0.3 is 10.6 Å². The summed E-state index contributed by atoms with van der Waals surface area (Å²) in [6.45, 7) is 4.94. The zero-order valence-electron chi connectivity index (χ0n) is 9.41. The standard InChI is InChI=1S/C12H24N2/c1-10-5-4-8-14(10)9-11-6-2-3-7-12(11)13/h10-12H,2-9,13H2,1H3. The minimum absolute atomic E-state index is 0.483. The Kier molecular flexibility index (Phi) is 3.45. The normalized spacial score (nSPS) is 40.3. The zero-order valence-corrected chi connectivity index (χ0v) is 9.41. The van der Waals surface area contributed by atoms with Gasteiger partial charge in [-0.2, -0.15) is 0 Å². The van der Waals surface area contributed by atoms with Crippen LogP contribution in [0.1, 0.15) is 45.4 Å². The Labute approximate surface area is 87.8 Å². The van der Waals surface area contributed by atoms with Crippen LogP contribution in [0.15, 0.2) is 0 Å². The molecule has 0 bridgehead atoms. The van der Waals surface area contributed by atoms with E-state index < -0.39 is 0 Å². The van der Waals surface area contributed by atoms with Crippen molar-refractivity contribution >= 4 is 0 Å². The van der Waals surface area contributed by atoms with Gasteiger partial charge in [-0.25, -0.2) is 0 Å². The van der Waals surface area contributed by atoms with E-state index in [2.05, 4.69) is 11.8 Å². The third-order valence-electron chi connectivity index (χ3n) is 4.13. The first-order valence-corrected chi connectivity index (χ1v) is 6.27. The van der Waals surface area contributed by atoms with Crippen molar-refractivity contribution in [2.45, 2.75) is 57.5 Å². The summed E-state index contributed by atoms with van der Waals surface area (Å²) in [4.78, 5) is 2.65. The highest BCUT2D eigenvalue weighted by atomic mass is 15.2. The van der Waals surface area contributed by atoms with E-state index in [1.807, 2.05) is 0 Å². The lowest BCUT2D eigenvalue weighted by Crippen LogP contribution is -2.42. The summed E-state index contributed by atoms with van der Waals surface area (Å²) in [6, 6.07) is 1.29. The van der Waals surface area contributed by atoms with Crippen LogP contribution in [0.5, 0.6) is 0 Å². The smallest absolute Gasteiger partial charge is 0.00793 e. The molecule has 3 unspecified atom stereocenters. The second-order valence-electron chi connectivity index (χ2n) is 5.19. The highest BCUT2D eigenvalue weighted by Crippen LogP contribution is 2.26. The lowest BCUT2D eigenvalue weighted by molar-refractivity contribution is 0.180. The van der Waals surface area contributed by atoms with Gasteiger partial charge in [-0.15, -0.1) is 0 Å². The van der Waals surface area contributed by atoms with Crippen molar-refractivity contribution in [3.05, 3.63) is 0 Å². The van der Waals surface area contributed by atoms with Crippen LogP contribution in [-0.4, -0.2) is 30.1 Å². The van der Waals surface area contributed by atoms with Crippen LogP contribution in [-0.2, 0) is 0 Å². The van der Waals surface area contributed by atoms with Crippen LogP contribution in [0, 0.1) is 5.92 Å². The molecule has 1 aliphatic heterocycles. The third kappa shape index (κ3) is 2.29. The maximum atomic E-state index is 6.18. The summed E-state index contributed by atoms with van der Waals surface area (Å²) >= 11 is 0. The molecule has 2 N–H and O–H groups in total. The topological polar surface area (TPSA) is 29.3 Å². The van der Waals surface area contributed by atoms with Crippen molar-refractivity contribution in [2.24, 2.45) is 11.7 Å². The third-order valence-corrected chi connectivity index (χ3v) is 4.13. The Morgan fingerprint density at radius 3 is 2.57 bits per heavy atom. The van der Waals surface area contributed by atoms with E-state index in [1.165, 1.54) is 51.6 Å². The van der Waals surface area contributed by atoms with Gasteiger partial charge in [0.1, 0.15) is 0 Å². The van der Waals surface area contributed by atoms with E-state index in [1.54, 1.807) is 0 Å². The van der Waals surface area contributed by atoms with Crippen molar-refractivity contribution in [1.29, 1.82) is 0 Å². The number of nitrogens with zero attached hydrogens (tertiary/aromatic N) is 1. The monoisotopic (exact) mass is 196 g/mol. The second-order valence-corrected chi connectivity index (χ2v) is 5.19. The highest BCUT2D eigenvalue weighted by molar-refractivity contribution is 4.84. The Balaban J connectivity index is 1.83. The first kappa shape index (κ1) is 10.4. The fraction of sp³-hybridized carbons (Fsp3) is 1.00. The molecule has 1 saturated carbocycles. The molecule has 1 heterocycles. The molecule has 2 nitrogen and oxygen atoms in total. The van der Waals surface area contributed by atoms with Crippen LogP contribution in [0.4, 0.5) is 0 Å². The molecule has 1 saturated heterocycles. The molecule has 0 radical (unpaired) electrons. The van der Waals surface area contributed by atoms with E-state index in [-0.39, 0.29) is 0 Å². The molecule has 2 aliphatic rings. The first-order valence-electron chi connectivity index (χ1n) is 6.27. The molecule has 0 aromatic rings. The van der Waals surface area contributed by atoms with E-state index in [9.17, 15) is 0 Å². The molecule has 0 spiro atoms. The van der Waals surface area contributed by atoms with Crippen molar-refractivity contribution in [3.8, 4) is 0 Å². The van der Waals surface area contributed by atoms with Gasteiger partial charge in [0.05, 0.1) is 0 Å². The van der Waals surface area contributed by atoms with Crippen molar-refractivity contribution in [3.63, 3.8) is 0 Å². The van der Waals surface area contributed by atoms with Gasteiger partial charge in [0.25, 0.3) is 0 Å².